The van der Waals surface area contributed by atoms with Crippen LogP contribution in [-0.4, -0.2) is 77.6 Å². The van der Waals surface area contributed by atoms with Crippen LogP contribution in [0.2, 0.25) is 0 Å². The SMILES string of the molecule is CNC(=O)c1ccc(Oc2ccc(CN3CCC4(CC3)C(=O)N[C@H]([C@H](O)C3CCCCC3)C(=O)N4Cc3ccc(OC)cc3)cc2)cc1. The maximum absolute atomic E-state index is 14.2. The summed E-state index contributed by atoms with van der Waals surface area (Å²) in [4.78, 5) is 44.2. The van der Waals surface area contributed by atoms with Crippen molar-refractivity contribution >= 4 is 17.7 Å². The van der Waals surface area contributed by atoms with Gasteiger partial charge in [-0.25, -0.2) is 0 Å². The van der Waals surface area contributed by atoms with Gasteiger partial charge in [-0.2, -0.15) is 0 Å². The first-order valence-corrected chi connectivity index (χ1v) is 17.0. The van der Waals surface area contributed by atoms with Gasteiger partial charge in [0.25, 0.3) is 5.91 Å². The number of hydrogen-bond donors (Lipinski definition) is 3. The fourth-order valence-electron chi connectivity index (χ4n) is 7.41. The summed E-state index contributed by atoms with van der Waals surface area (Å²) in [6, 6.07) is 21.6. The molecule has 2 aliphatic heterocycles. The van der Waals surface area contributed by atoms with Crippen molar-refractivity contribution in [2.45, 2.75) is 75.7 Å². The highest BCUT2D eigenvalue weighted by molar-refractivity contribution is 6.00. The van der Waals surface area contributed by atoms with E-state index in [0.717, 1.165) is 49.0 Å². The Morgan fingerprint density at radius 1 is 0.875 bits per heavy atom. The smallest absolute Gasteiger partial charge is 0.251 e. The summed E-state index contributed by atoms with van der Waals surface area (Å²) >= 11 is 0. The highest BCUT2D eigenvalue weighted by Crippen LogP contribution is 2.37. The third kappa shape index (κ3) is 7.19. The molecule has 2 saturated heterocycles. The molecule has 3 N–H and O–H groups in total. The molecule has 254 valence electrons. The topological polar surface area (TPSA) is 120 Å². The first-order valence-electron chi connectivity index (χ1n) is 17.0. The van der Waals surface area contributed by atoms with Gasteiger partial charge in [-0.3, -0.25) is 19.3 Å². The van der Waals surface area contributed by atoms with Gasteiger partial charge >= 0.3 is 0 Å². The Bertz CT molecular complexity index is 1560. The normalized spacial score (nSPS) is 20.6. The summed E-state index contributed by atoms with van der Waals surface area (Å²) in [5.41, 5.74) is 1.61. The molecule has 0 unspecified atom stereocenters. The van der Waals surface area contributed by atoms with Crippen LogP contribution in [-0.2, 0) is 22.7 Å². The van der Waals surface area contributed by atoms with Crippen LogP contribution < -0.4 is 20.1 Å². The molecule has 48 heavy (non-hydrogen) atoms. The molecule has 3 amide bonds. The molecular weight excluding hydrogens is 608 g/mol. The minimum absolute atomic E-state index is 0.0121. The molecule has 10 nitrogen and oxygen atoms in total. The Morgan fingerprint density at radius 3 is 2.02 bits per heavy atom. The predicted octanol–water partition coefficient (Wildman–Crippen LogP) is 4.65. The maximum atomic E-state index is 14.2. The fourth-order valence-corrected chi connectivity index (χ4v) is 7.41. The van der Waals surface area contributed by atoms with Crippen LogP contribution in [0.15, 0.2) is 72.8 Å². The maximum Gasteiger partial charge on any atom is 0.251 e. The summed E-state index contributed by atoms with van der Waals surface area (Å²) < 4.78 is 11.3. The summed E-state index contributed by atoms with van der Waals surface area (Å²) in [5.74, 6) is 1.57. The number of piperazine rings is 1. The van der Waals surface area contributed by atoms with Gasteiger partial charge in [0.2, 0.25) is 11.8 Å². The highest BCUT2D eigenvalue weighted by atomic mass is 16.5. The van der Waals surface area contributed by atoms with Crippen LogP contribution in [0.25, 0.3) is 0 Å². The summed E-state index contributed by atoms with van der Waals surface area (Å²) in [6.45, 7) is 2.28. The molecule has 1 aliphatic carbocycles. The van der Waals surface area contributed by atoms with Gasteiger partial charge in [0.05, 0.1) is 13.2 Å². The number of methoxy groups -OCH3 is 1. The van der Waals surface area contributed by atoms with Gasteiger partial charge in [0.1, 0.15) is 28.8 Å². The van der Waals surface area contributed by atoms with Crippen LogP contribution in [0.3, 0.4) is 0 Å². The number of benzene rings is 3. The number of nitrogens with one attached hydrogen (secondary N) is 2. The number of piperidine rings is 1. The summed E-state index contributed by atoms with van der Waals surface area (Å²) in [5, 5.41) is 17.0. The van der Waals surface area contributed by atoms with Crippen LogP contribution in [0.5, 0.6) is 17.2 Å². The molecule has 3 aliphatic rings. The Labute approximate surface area is 282 Å². The molecule has 1 saturated carbocycles. The molecule has 0 radical (unpaired) electrons. The lowest BCUT2D eigenvalue weighted by atomic mass is 9.77. The van der Waals surface area contributed by atoms with Gasteiger partial charge in [0.15, 0.2) is 0 Å². The van der Waals surface area contributed by atoms with E-state index in [-0.39, 0.29) is 23.6 Å². The highest BCUT2D eigenvalue weighted by Gasteiger charge is 2.55. The van der Waals surface area contributed by atoms with Crippen molar-refractivity contribution < 1.29 is 29.0 Å². The molecule has 2 atom stereocenters. The third-order valence-electron chi connectivity index (χ3n) is 10.3. The lowest BCUT2D eigenvalue weighted by Gasteiger charge is -2.52. The van der Waals surface area contributed by atoms with Gasteiger partial charge in [-0.1, -0.05) is 43.5 Å². The number of likely N-dealkylation sites (tertiary alicyclic amines) is 1. The summed E-state index contributed by atoms with van der Waals surface area (Å²) in [6.07, 6.45) is 5.07. The van der Waals surface area contributed by atoms with E-state index in [2.05, 4.69) is 15.5 Å². The van der Waals surface area contributed by atoms with Crippen molar-refractivity contribution in [3.63, 3.8) is 0 Å². The number of nitrogens with zero attached hydrogens (tertiary/aromatic N) is 2. The molecule has 1 spiro atoms. The Morgan fingerprint density at radius 2 is 1.44 bits per heavy atom. The zero-order valence-electron chi connectivity index (χ0n) is 27.8. The second kappa shape index (κ2) is 14.8. The van der Waals surface area contributed by atoms with Crippen LogP contribution in [0, 0.1) is 5.92 Å². The zero-order valence-corrected chi connectivity index (χ0v) is 27.8. The van der Waals surface area contributed by atoms with Crippen LogP contribution in [0.1, 0.15) is 66.4 Å². The van der Waals surface area contributed by atoms with Crippen molar-refractivity contribution in [2.24, 2.45) is 5.92 Å². The average molecular weight is 655 g/mol. The van der Waals surface area contributed by atoms with Crippen LogP contribution >= 0.6 is 0 Å². The molecule has 10 heteroatoms. The van der Waals surface area contributed by atoms with Crippen molar-refractivity contribution in [3.8, 4) is 17.2 Å². The van der Waals surface area contributed by atoms with Gasteiger partial charge in [-0.15, -0.1) is 0 Å². The minimum atomic E-state index is -0.985. The van der Waals surface area contributed by atoms with E-state index >= 15 is 0 Å². The van der Waals surface area contributed by atoms with Gasteiger partial charge < -0.3 is 30.1 Å². The average Bonchev–Trinajstić information content (AvgIpc) is 3.13. The Hall–Kier alpha value is -4.41. The molecule has 3 aromatic rings. The molecule has 0 aromatic heterocycles. The lowest BCUT2D eigenvalue weighted by Crippen LogP contribution is -2.74. The van der Waals surface area contributed by atoms with Crippen molar-refractivity contribution in [2.75, 3.05) is 27.2 Å². The predicted molar refractivity (Wildman–Crippen MR) is 182 cm³/mol. The number of carbonyl (C=O) groups is 3. The Balaban J connectivity index is 1.12. The molecule has 6 rings (SSSR count). The molecule has 3 fully saturated rings. The molecule has 3 aromatic carbocycles. The lowest BCUT2D eigenvalue weighted by molar-refractivity contribution is -0.167. The second-order valence-corrected chi connectivity index (χ2v) is 13.3. The van der Waals surface area contributed by atoms with Gasteiger partial charge in [-0.05, 0) is 91.3 Å². The van der Waals surface area contributed by atoms with E-state index in [1.54, 1.807) is 43.3 Å². The third-order valence-corrected chi connectivity index (χ3v) is 10.3. The first kappa shape index (κ1) is 33.5. The van der Waals surface area contributed by atoms with Gasteiger partial charge in [0, 0.05) is 38.8 Å². The number of aliphatic hydroxyl groups excluding tert-OH is 1. The van der Waals surface area contributed by atoms with E-state index in [9.17, 15) is 19.5 Å². The Kier molecular flexibility index (Phi) is 10.3. The number of amides is 3. The van der Waals surface area contributed by atoms with E-state index in [0.29, 0.717) is 56.1 Å². The monoisotopic (exact) mass is 654 g/mol. The number of ether oxygens (including phenoxy) is 2. The molecule has 2 heterocycles. The van der Waals surface area contributed by atoms with Crippen molar-refractivity contribution in [1.29, 1.82) is 0 Å². The zero-order chi connectivity index (χ0) is 33.7. The van der Waals surface area contributed by atoms with E-state index in [1.165, 1.54) is 0 Å². The second-order valence-electron chi connectivity index (χ2n) is 13.3. The molecule has 0 bridgehead atoms. The quantitative estimate of drug-likeness (QED) is 0.291. The number of rotatable bonds is 10. The van der Waals surface area contributed by atoms with E-state index in [1.807, 2.05) is 48.5 Å². The first-order chi connectivity index (χ1) is 23.3. The fraction of sp³-hybridized carbons (Fsp3) is 0.447. The van der Waals surface area contributed by atoms with Crippen LogP contribution in [0.4, 0.5) is 0 Å². The molecular formula is C38H46N4O6. The minimum Gasteiger partial charge on any atom is -0.497 e. The largest absolute Gasteiger partial charge is 0.497 e. The standard InChI is InChI=1S/C38H46N4O6/c1-39-35(44)29-12-18-32(19-13-29)48-31-16-10-26(11-17-31)24-41-22-20-38(21-23-41)37(46)40-33(34(43)28-6-4-3-5-7-28)36(45)42(38)25-27-8-14-30(47-2)15-9-27/h8-19,28,33-34,43H,3-7,20-25H2,1-2H3,(H,39,44)(H,40,46)/t33-,34-/m1/s1. The number of carbonyl (C=O) groups excluding carboxylic acids is 3. The van der Waals surface area contributed by atoms with Crippen molar-refractivity contribution in [1.82, 2.24) is 20.4 Å². The van der Waals surface area contributed by atoms with Crippen molar-refractivity contribution in [3.05, 3.63) is 89.5 Å². The number of hydrogen-bond acceptors (Lipinski definition) is 7. The van der Waals surface area contributed by atoms with E-state index < -0.39 is 17.7 Å². The summed E-state index contributed by atoms with van der Waals surface area (Å²) in [7, 11) is 3.22. The number of aliphatic hydroxyl groups is 1. The van der Waals surface area contributed by atoms with E-state index in [4.69, 9.17) is 9.47 Å².